The summed E-state index contributed by atoms with van der Waals surface area (Å²) in [5, 5.41) is 0. The van der Waals surface area contributed by atoms with Crippen LogP contribution in [0.15, 0.2) is 30.3 Å². The highest BCUT2D eigenvalue weighted by Crippen LogP contribution is 2.33. The standard InChI is InChI=1S/C24H34O2/c1-3-4-5-19-8-10-20(11-9-19)21-12-14-22(15-13-21)24(25)26-23-16-6-18(2)7-17-23/h10,12-15,18-19,23H,3-9,11,16-17H2,1-2H3/t18-,19?,23-. The molecule has 0 aliphatic heterocycles. The van der Waals surface area contributed by atoms with Crippen molar-refractivity contribution >= 4 is 11.5 Å². The molecule has 0 bridgehead atoms. The molecule has 0 saturated heterocycles. The van der Waals surface area contributed by atoms with Gasteiger partial charge in [-0.2, -0.15) is 0 Å². The maximum Gasteiger partial charge on any atom is 0.338 e. The maximum atomic E-state index is 12.4. The lowest BCUT2D eigenvalue weighted by Gasteiger charge is -2.26. The molecule has 0 N–H and O–H groups in total. The van der Waals surface area contributed by atoms with Crippen molar-refractivity contribution in [3.05, 3.63) is 41.5 Å². The summed E-state index contributed by atoms with van der Waals surface area (Å²) in [6.07, 6.45) is 14.6. The van der Waals surface area contributed by atoms with Crippen LogP contribution in [0.4, 0.5) is 0 Å². The van der Waals surface area contributed by atoms with E-state index in [1.54, 1.807) is 0 Å². The van der Waals surface area contributed by atoms with Crippen molar-refractivity contribution in [1.29, 1.82) is 0 Å². The van der Waals surface area contributed by atoms with Gasteiger partial charge in [0.05, 0.1) is 5.56 Å². The SMILES string of the molecule is CCCCC1CC=C(c2ccc(C(=O)O[C@H]3CC[C@H](C)CC3)cc2)CC1. The number of carbonyl (C=O) groups is 1. The van der Waals surface area contributed by atoms with Crippen LogP contribution in [0, 0.1) is 11.8 Å². The highest BCUT2D eigenvalue weighted by molar-refractivity contribution is 5.90. The lowest BCUT2D eigenvalue weighted by atomic mass is 9.84. The first-order chi connectivity index (χ1) is 12.7. The summed E-state index contributed by atoms with van der Waals surface area (Å²) in [7, 11) is 0. The van der Waals surface area contributed by atoms with Crippen LogP contribution in [-0.4, -0.2) is 12.1 Å². The molecule has 1 aromatic rings. The minimum absolute atomic E-state index is 0.111. The molecule has 2 heteroatoms. The molecule has 1 unspecified atom stereocenters. The van der Waals surface area contributed by atoms with Gasteiger partial charge in [0.25, 0.3) is 0 Å². The number of carbonyl (C=O) groups excluding carboxylic acids is 1. The second-order valence-electron chi connectivity index (χ2n) is 8.38. The van der Waals surface area contributed by atoms with Crippen molar-refractivity contribution in [3.8, 4) is 0 Å². The van der Waals surface area contributed by atoms with E-state index in [0.717, 1.165) is 24.7 Å². The average Bonchev–Trinajstić information content (AvgIpc) is 2.68. The summed E-state index contributed by atoms with van der Waals surface area (Å²) in [4.78, 5) is 12.4. The second-order valence-corrected chi connectivity index (χ2v) is 8.38. The van der Waals surface area contributed by atoms with Gasteiger partial charge in [-0.25, -0.2) is 4.79 Å². The minimum Gasteiger partial charge on any atom is -0.459 e. The lowest BCUT2D eigenvalue weighted by Crippen LogP contribution is -2.23. The molecule has 2 nitrogen and oxygen atoms in total. The summed E-state index contributed by atoms with van der Waals surface area (Å²) in [5.41, 5.74) is 3.39. The smallest absolute Gasteiger partial charge is 0.338 e. The van der Waals surface area contributed by atoms with E-state index in [9.17, 15) is 4.79 Å². The molecular weight excluding hydrogens is 320 g/mol. The predicted octanol–water partition coefficient (Wildman–Crippen LogP) is 6.80. The monoisotopic (exact) mass is 354 g/mol. The first-order valence-electron chi connectivity index (χ1n) is 10.7. The third kappa shape index (κ3) is 5.22. The third-order valence-corrected chi connectivity index (χ3v) is 6.21. The van der Waals surface area contributed by atoms with Gasteiger partial charge >= 0.3 is 5.97 Å². The molecule has 1 atom stereocenters. The zero-order valence-electron chi connectivity index (χ0n) is 16.5. The van der Waals surface area contributed by atoms with Gasteiger partial charge in [0, 0.05) is 0 Å². The Morgan fingerprint density at radius 2 is 1.81 bits per heavy atom. The molecule has 0 spiro atoms. The topological polar surface area (TPSA) is 26.3 Å². The number of rotatable bonds is 6. The highest BCUT2D eigenvalue weighted by atomic mass is 16.5. The molecule has 0 heterocycles. The van der Waals surface area contributed by atoms with E-state index in [-0.39, 0.29) is 12.1 Å². The number of allylic oxidation sites excluding steroid dienone is 2. The van der Waals surface area contributed by atoms with Crippen molar-refractivity contribution in [2.75, 3.05) is 0 Å². The van der Waals surface area contributed by atoms with Crippen molar-refractivity contribution in [2.45, 2.75) is 84.2 Å². The largest absolute Gasteiger partial charge is 0.459 e. The van der Waals surface area contributed by atoms with Crippen LogP contribution in [0.3, 0.4) is 0 Å². The first-order valence-corrected chi connectivity index (χ1v) is 10.7. The molecule has 26 heavy (non-hydrogen) atoms. The molecule has 0 amide bonds. The molecule has 1 saturated carbocycles. The summed E-state index contributed by atoms with van der Waals surface area (Å²) in [6, 6.07) is 8.07. The predicted molar refractivity (Wildman–Crippen MR) is 108 cm³/mol. The fourth-order valence-electron chi connectivity index (χ4n) is 4.29. The maximum absolute atomic E-state index is 12.4. The summed E-state index contributed by atoms with van der Waals surface area (Å²) < 4.78 is 5.71. The van der Waals surface area contributed by atoms with Gasteiger partial charge < -0.3 is 4.74 Å². The van der Waals surface area contributed by atoms with Gasteiger partial charge in [0.2, 0.25) is 0 Å². The zero-order chi connectivity index (χ0) is 18.4. The molecule has 0 aromatic heterocycles. The van der Waals surface area contributed by atoms with Crippen LogP contribution in [0.1, 0.15) is 94.0 Å². The molecule has 1 aromatic carbocycles. The van der Waals surface area contributed by atoms with E-state index in [0.29, 0.717) is 5.56 Å². The van der Waals surface area contributed by atoms with Crippen LogP contribution < -0.4 is 0 Å². The fourth-order valence-corrected chi connectivity index (χ4v) is 4.29. The molecule has 142 valence electrons. The molecule has 2 aliphatic carbocycles. The molecule has 3 rings (SSSR count). The van der Waals surface area contributed by atoms with Gasteiger partial charge in [-0.1, -0.05) is 51.3 Å². The molecule has 1 fully saturated rings. The first kappa shape index (κ1) is 19.2. The van der Waals surface area contributed by atoms with E-state index in [4.69, 9.17) is 4.74 Å². The van der Waals surface area contributed by atoms with Crippen LogP contribution in [-0.2, 0) is 4.74 Å². The van der Waals surface area contributed by atoms with Gasteiger partial charge in [-0.3, -0.25) is 0 Å². The molecular formula is C24H34O2. The van der Waals surface area contributed by atoms with Gasteiger partial charge in [-0.05, 0) is 80.1 Å². The normalized spacial score (nSPS) is 26.2. The second kappa shape index (κ2) is 9.39. The Balaban J connectivity index is 1.53. The zero-order valence-corrected chi connectivity index (χ0v) is 16.5. The Morgan fingerprint density at radius 3 is 2.42 bits per heavy atom. The number of benzene rings is 1. The fraction of sp³-hybridized carbons (Fsp3) is 0.625. The quantitative estimate of drug-likeness (QED) is 0.525. The van der Waals surface area contributed by atoms with Gasteiger partial charge in [-0.15, -0.1) is 0 Å². The van der Waals surface area contributed by atoms with Crippen molar-refractivity contribution in [1.82, 2.24) is 0 Å². The van der Waals surface area contributed by atoms with E-state index in [1.165, 1.54) is 62.5 Å². The van der Waals surface area contributed by atoms with Crippen LogP contribution in [0.5, 0.6) is 0 Å². The number of ether oxygens (including phenoxy) is 1. The number of hydrogen-bond acceptors (Lipinski definition) is 2. The third-order valence-electron chi connectivity index (χ3n) is 6.21. The van der Waals surface area contributed by atoms with Crippen molar-refractivity contribution in [2.24, 2.45) is 11.8 Å². The highest BCUT2D eigenvalue weighted by Gasteiger charge is 2.22. The molecule has 2 aliphatic rings. The average molecular weight is 355 g/mol. The van der Waals surface area contributed by atoms with Crippen molar-refractivity contribution in [3.63, 3.8) is 0 Å². The number of esters is 1. The van der Waals surface area contributed by atoms with E-state index in [1.807, 2.05) is 12.1 Å². The van der Waals surface area contributed by atoms with E-state index < -0.39 is 0 Å². The van der Waals surface area contributed by atoms with E-state index in [2.05, 4.69) is 32.1 Å². The van der Waals surface area contributed by atoms with Gasteiger partial charge in [0.1, 0.15) is 6.10 Å². The Hall–Kier alpha value is -1.57. The summed E-state index contributed by atoms with van der Waals surface area (Å²) in [5.74, 6) is 1.48. The van der Waals surface area contributed by atoms with E-state index >= 15 is 0 Å². The van der Waals surface area contributed by atoms with Crippen LogP contribution >= 0.6 is 0 Å². The van der Waals surface area contributed by atoms with Crippen LogP contribution in [0.25, 0.3) is 5.57 Å². The Labute approximate surface area is 159 Å². The van der Waals surface area contributed by atoms with Crippen molar-refractivity contribution < 1.29 is 9.53 Å². The summed E-state index contributed by atoms with van der Waals surface area (Å²) >= 11 is 0. The Bertz CT molecular complexity index is 606. The van der Waals surface area contributed by atoms with Crippen LogP contribution in [0.2, 0.25) is 0 Å². The lowest BCUT2D eigenvalue weighted by molar-refractivity contribution is 0.0174. The minimum atomic E-state index is -0.159. The summed E-state index contributed by atoms with van der Waals surface area (Å²) in [6.45, 7) is 4.55. The Morgan fingerprint density at radius 1 is 1.08 bits per heavy atom. The Kier molecular flexibility index (Phi) is 6.93. The number of unbranched alkanes of at least 4 members (excludes halogenated alkanes) is 1. The molecule has 0 radical (unpaired) electrons. The number of hydrogen-bond donors (Lipinski definition) is 0. The van der Waals surface area contributed by atoms with Gasteiger partial charge in [0.15, 0.2) is 0 Å².